The van der Waals surface area contributed by atoms with Crippen LogP contribution in [0.25, 0.3) is 0 Å². The largest absolute Gasteiger partial charge is 0.495 e. The fraction of sp³-hybridized carbons (Fsp3) is 0.619. The Kier molecular flexibility index (Phi) is 5.86. The van der Waals surface area contributed by atoms with Crippen molar-refractivity contribution in [2.75, 3.05) is 7.11 Å². The Morgan fingerprint density at radius 2 is 1.62 bits per heavy atom. The Bertz CT molecular complexity index is 569. The quantitative estimate of drug-likeness (QED) is 0.545. The molecule has 1 aromatic carbocycles. The molecule has 3 heteroatoms. The normalized spacial score (nSPS) is 30.8. The number of ether oxygens (including phenoxy) is 1. The van der Waals surface area contributed by atoms with Crippen LogP contribution in [0.2, 0.25) is 5.02 Å². The third kappa shape index (κ3) is 3.64. The van der Waals surface area contributed by atoms with E-state index in [-0.39, 0.29) is 10.8 Å². The van der Waals surface area contributed by atoms with Crippen molar-refractivity contribution in [3.8, 4) is 5.75 Å². The molecule has 2 fully saturated rings. The topological polar surface area (TPSA) is 9.23 Å². The van der Waals surface area contributed by atoms with Gasteiger partial charge in [0.2, 0.25) is 0 Å². The molecule has 2 aliphatic carbocycles. The predicted octanol–water partition coefficient (Wildman–Crippen LogP) is 6.75. The Hall–Kier alpha value is -1.02. The van der Waals surface area contributed by atoms with E-state index in [0.717, 1.165) is 36.2 Å². The molecule has 0 heterocycles. The molecule has 0 unspecified atom stereocenters. The van der Waals surface area contributed by atoms with Crippen LogP contribution in [0.1, 0.15) is 62.8 Å². The highest BCUT2D eigenvalue weighted by atomic mass is 35.5. The first-order chi connectivity index (χ1) is 11.6. The number of benzene rings is 1. The molecule has 24 heavy (non-hydrogen) atoms. The minimum absolute atomic E-state index is 0.125. The molecular formula is C21H28ClFO. The Morgan fingerprint density at radius 1 is 1.04 bits per heavy atom. The zero-order chi connectivity index (χ0) is 17.1. The first-order valence-electron chi connectivity index (χ1n) is 9.28. The van der Waals surface area contributed by atoms with E-state index in [2.05, 4.69) is 12.7 Å². The van der Waals surface area contributed by atoms with Gasteiger partial charge in [0.1, 0.15) is 16.6 Å². The molecule has 0 radical (unpaired) electrons. The number of allylic oxidation sites excluding steroid dienone is 1. The average molecular weight is 351 g/mol. The van der Waals surface area contributed by atoms with Gasteiger partial charge in [0, 0.05) is 0 Å². The van der Waals surface area contributed by atoms with Crippen LogP contribution in [0, 0.1) is 23.6 Å². The number of hydrogen-bond donors (Lipinski definition) is 0. The van der Waals surface area contributed by atoms with Gasteiger partial charge in [-0.05, 0) is 86.7 Å². The molecule has 0 aliphatic heterocycles. The molecule has 1 aromatic rings. The highest BCUT2D eigenvalue weighted by Gasteiger charge is 2.32. The number of methoxy groups -OCH3 is 1. The number of rotatable bonds is 4. The SMILES string of the molecule is C=CC1CCC(C2CCC(c3ccc(OC)c(Cl)c3F)CC2)CC1. The lowest BCUT2D eigenvalue weighted by atomic mass is 9.68. The lowest BCUT2D eigenvalue weighted by Crippen LogP contribution is -2.25. The van der Waals surface area contributed by atoms with Crippen molar-refractivity contribution >= 4 is 11.6 Å². The summed E-state index contributed by atoms with van der Waals surface area (Å²) >= 11 is 6.09. The summed E-state index contributed by atoms with van der Waals surface area (Å²) < 4.78 is 19.6. The zero-order valence-corrected chi connectivity index (χ0v) is 15.3. The van der Waals surface area contributed by atoms with Crippen molar-refractivity contribution < 1.29 is 9.13 Å². The van der Waals surface area contributed by atoms with Gasteiger partial charge in [-0.2, -0.15) is 0 Å². The van der Waals surface area contributed by atoms with E-state index in [0.29, 0.717) is 11.7 Å². The van der Waals surface area contributed by atoms with E-state index >= 15 is 0 Å². The molecule has 132 valence electrons. The standard InChI is InChI=1S/C21H28ClFO/c1-3-14-4-6-15(7-5-14)16-8-10-17(11-9-16)18-12-13-19(24-2)20(22)21(18)23/h3,12-17H,1,4-11H2,2H3. The van der Waals surface area contributed by atoms with Gasteiger partial charge in [0.25, 0.3) is 0 Å². The zero-order valence-electron chi connectivity index (χ0n) is 14.6. The van der Waals surface area contributed by atoms with E-state index in [1.807, 2.05) is 6.07 Å². The van der Waals surface area contributed by atoms with Crippen LogP contribution in [0.3, 0.4) is 0 Å². The van der Waals surface area contributed by atoms with E-state index in [1.165, 1.54) is 45.6 Å². The minimum Gasteiger partial charge on any atom is -0.495 e. The van der Waals surface area contributed by atoms with Gasteiger partial charge in [0.05, 0.1) is 7.11 Å². The van der Waals surface area contributed by atoms with Crippen molar-refractivity contribution in [3.63, 3.8) is 0 Å². The van der Waals surface area contributed by atoms with Crippen LogP contribution < -0.4 is 4.74 Å². The average Bonchev–Trinajstić information content (AvgIpc) is 2.64. The van der Waals surface area contributed by atoms with Gasteiger partial charge in [-0.25, -0.2) is 4.39 Å². The molecule has 3 rings (SSSR count). The molecule has 0 aromatic heterocycles. The van der Waals surface area contributed by atoms with Crippen molar-refractivity contribution in [1.82, 2.24) is 0 Å². The summed E-state index contributed by atoms with van der Waals surface area (Å²) in [5.41, 5.74) is 0.773. The summed E-state index contributed by atoms with van der Waals surface area (Å²) in [6.45, 7) is 3.94. The van der Waals surface area contributed by atoms with Gasteiger partial charge in [-0.1, -0.05) is 23.7 Å². The van der Waals surface area contributed by atoms with Crippen LogP contribution in [0.15, 0.2) is 24.8 Å². The molecule has 0 atom stereocenters. The molecular weight excluding hydrogens is 323 g/mol. The second-order valence-corrected chi connectivity index (χ2v) is 7.89. The lowest BCUT2D eigenvalue weighted by Gasteiger charge is -2.37. The molecule has 0 bridgehead atoms. The van der Waals surface area contributed by atoms with Gasteiger partial charge < -0.3 is 4.74 Å². The number of hydrogen-bond acceptors (Lipinski definition) is 1. The van der Waals surface area contributed by atoms with Crippen LogP contribution >= 0.6 is 11.6 Å². The maximum atomic E-state index is 14.5. The van der Waals surface area contributed by atoms with Crippen LogP contribution in [-0.4, -0.2) is 7.11 Å². The first-order valence-corrected chi connectivity index (χ1v) is 9.66. The second kappa shape index (κ2) is 7.91. The lowest BCUT2D eigenvalue weighted by molar-refractivity contribution is 0.171. The Labute approximate surface area is 150 Å². The van der Waals surface area contributed by atoms with Gasteiger partial charge in [-0.3, -0.25) is 0 Å². The van der Waals surface area contributed by atoms with Crippen LogP contribution in [0.5, 0.6) is 5.75 Å². The predicted molar refractivity (Wildman–Crippen MR) is 98.3 cm³/mol. The summed E-state index contributed by atoms with van der Waals surface area (Å²) in [6, 6.07) is 3.66. The Morgan fingerprint density at radius 3 is 2.17 bits per heavy atom. The van der Waals surface area contributed by atoms with E-state index in [1.54, 1.807) is 6.07 Å². The van der Waals surface area contributed by atoms with Crippen LogP contribution in [0.4, 0.5) is 4.39 Å². The summed E-state index contributed by atoms with van der Waals surface area (Å²) in [4.78, 5) is 0. The Balaban J connectivity index is 1.59. The fourth-order valence-electron chi connectivity index (χ4n) is 4.77. The van der Waals surface area contributed by atoms with Gasteiger partial charge in [-0.15, -0.1) is 6.58 Å². The van der Waals surface area contributed by atoms with Crippen molar-refractivity contribution in [2.45, 2.75) is 57.3 Å². The number of halogens is 2. The third-order valence-corrected chi connectivity index (χ3v) is 6.68. The molecule has 0 spiro atoms. The van der Waals surface area contributed by atoms with E-state index < -0.39 is 0 Å². The molecule has 0 saturated heterocycles. The summed E-state index contributed by atoms with van der Waals surface area (Å²) in [5, 5.41) is 0.125. The van der Waals surface area contributed by atoms with E-state index in [9.17, 15) is 4.39 Å². The van der Waals surface area contributed by atoms with Crippen molar-refractivity contribution in [1.29, 1.82) is 0 Å². The summed E-state index contributed by atoms with van der Waals surface area (Å²) in [7, 11) is 1.52. The maximum Gasteiger partial charge on any atom is 0.149 e. The molecule has 1 nitrogen and oxygen atoms in total. The fourth-order valence-corrected chi connectivity index (χ4v) is 5.02. The summed E-state index contributed by atoms with van der Waals surface area (Å²) in [6.07, 6.45) is 12.0. The molecule has 2 saturated carbocycles. The van der Waals surface area contributed by atoms with Gasteiger partial charge in [0.15, 0.2) is 0 Å². The monoisotopic (exact) mass is 350 g/mol. The van der Waals surface area contributed by atoms with Crippen molar-refractivity contribution in [2.24, 2.45) is 17.8 Å². The molecule has 2 aliphatic rings. The molecule has 0 N–H and O–H groups in total. The van der Waals surface area contributed by atoms with Crippen LogP contribution in [-0.2, 0) is 0 Å². The maximum absolute atomic E-state index is 14.5. The summed E-state index contributed by atoms with van der Waals surface area (Å²) in [5.74, 6) is 2.86. The molecule has 0 amide bonds. The highest BCUT2D eigenvalue weighted by molar-refractivity contribution is 6.32. The first kappa shape index (κ1) is 17.8. The second-order valence-electron chi connectivity index (χ2n) is 7.51. The third-order valence-electron chi connectivity index (χ3n) is 6.32. The van der Waals surface area contributed by atoms with E-state index in [4.69, 9.17) is 16.3 Å². The highest BCUT2D eigenvalue weighted by Crippen LogP contribution is 2.45. The van der Waals surface area contributed by atoms with Gasteiger partial charge >= 0.3 is 0 Å². The minimum atomic E-state index is -0.286. The van der Waals surface area contributed by atoms with Crippen molar-refractivity contribution in [3.05, 3.63) is 41.2 Å². The smallest absolute Gasteiger partial charge is 0.149 e.